The summed E-state index contributed by atoms with van der Waals surface area (Å²) in [7, 11) is 1.89. The minimum absolute atomic E-state index is 0.0137. The summed E-state index contributed by atoms with van der Waals surface area (Å²) >= 11 is 0. The van der Waals surface area contributed by atoms with Gasteiger partial charge in [0, 0.05) is 12.0 Å². The van der Waals surface area contributed by atoms with E-state index in [0.29, 0.717) is 13.0 Å². The molecule has 1 rings (SSSR count). The van der Waals surface area contributed by atoms with E-state index in [1.165, 1.54) is 0 Å². The van der Waals surface area contributed by atoms with Crippen LogP contribution in [0.15, 0.2) is 24.3 Å². The van der Waals surface area contributed by atoms with Crippen LogP contribution in [0.1, 0.15) is 44.7 Å². The first-order valence-corrected chi connectivity index (χ1v) is 7.38. The lowest BCUT2D eigenvalue weighted by Gasteiger charge is -2.20. The Morgan fingerprint density at radius 1 is 1.30 bits per heavy atom. The van der Waals surface area contributed by atoms with E-state index >= 15 is 0 Å². The molecule has 0 aliphatic rings. The molecule has 112 valence electrons. The number of carbonyl (C=O) groups is 1. The third-order valence-electron chi connectivity index (χ3n) is 3.17. The van der Waals surface area contributed by atoms with E-state index in [0.717, 1.165) is 30.7 Å². The molecule has 0 aromatic heterocycles. The highest BCUT2D eigenvalue weighted by Gasteiger charge is 2.16. The first-order valence-electron chi connectivity index (χ1n) is 7.38. The van der Waals surface area contributed by atoms with E-state index in [9.17, 15) is 4.79 Å². The monoisotopic (exact) mass is 278 g/mol. The van der Waals surface area contributed by atoms with Gasteiger partial charge in [-0.15, -0.1) is 0 Å². The lowest BCUT2D eigenvalue weighted by atomic mass is 10.0. The molecule has 4 nitrogen and oxygen atoms in total. The Morgan fingerprint density at radius 3 is 2.70 bits per heavy atom. The van der Waals surface area contributed by atoms with E-state index in [1.54, 1.807) is 0 Å². The summed E-state index contributed by atoms with van der Waals surface area (Å²) in [5.74, 6) is 0.954. The Bertz CT molecular complexity index is 407. The smallest absolute Gasteiger partial charge is 0.220 e. The van der Waals surface area contributed by atoms with Crippen LogP contribution >= 0.6 is 0 Å². The Balaban J connectivity index is 2.68. The number of hydrogen-bond donors (Lipinski definition) is 2. The quantitative estimate of drug-likeness (QED) is 0.683. The molecule has 0 aliphatic carbocycles. The number of rotatable bonds is 9. The van der Waals surface area contributed by atoms with E-state index in [1.807, 2.05) is 38.2 Å². The molecule has 0 fully saturated rings. The number of amides is 1. The van der Waals surface area contributed by atoms with Gasteiger partial charge in [0.15, 0.2) is 0 Å². The van der Waals surface area contributed by atoms with Crippen molar-refractivity contribution >= 4 is 5.91 Å². The highest BCUT2D eigenvalue weighted by Crippen LogP contribution is 2.27. The van der Waals surface area contributed by atoms with E-state index in [4.69, 9.17) is 4.74 Å². The Hall–Kier alpha value is -1.55. The number of nitrogens with one attached hydrogen (secondary N) is 2. The van der Waals surface area contributed by atoms with Gasteiger partial charge in [0.25, 0.3) is 0 Å². The van der Waals surface area contributed by atoms with Crippen LogP contribution in [0.5, 0.6) is 5.75 Å². The van der Waals surface area contributed by atoms with E-state index < -0.39 is 0 Å². The lowest BCUT2D eigenvalue weighted by molar-refractivity contribution is -0.121. The number of ether oxygens (including phenoxy) is 1. The second-order valence-electron chi connectivity index (χ2n) is 4.71. The van der Waals surface area contributed by atoms with Gasteiger partial charge in [-0.3, -0.25) is 4.79 Å². The fourth-order valence-electron chi connectivity index (χ4n) is 2.15. The summed E-state index contributed by atoms with van der Waals surface area (Å²) in [6, 6.07) is 7.92. The molecule has 1 unspecified atom stereocenters. The third-order valence-corrected chi connectivity index (χ3v) is 3.17. The molecule has 1 aromatic rings. The molecule has 0 saturated heterocycles. The van der Waals surface area contributed by atoms with Crippen LogP contribution in [0.2, 0.25) is 0 Å². The number of benzene rings is 1. The summed E-state index contributed by atoms with van der Waals surface area (Å²) in [6.07, 6.45) is 2.25. The van der Waals surface area contributed by atoms with Crippen molar-refractivity contribution in [2.24, 2.45) is 0 Å². The SMILES string of the molecule is CCOc1ccccc1C(CC)NC(=O)CCCNC. The van der Waals surface area contributed by atoms with Crippen LogP contribution < -0.4 is 15.4 Å². The van der Waals surface area contributed by atoms with E-state index in [-0.39, 0.29) is 11.9 Å². The van der Waals surface area contributed by atoms with Gasteiger partial charge in [0.05, 0.1) is 12.6 Å². The van der Waals surface area contributed by atoms with Crippen molar-refractivity contribution in [2.45, 2.75) is 39.2 Å². The maximum absolute atomic E-state index is 11.9. The Morgan fingerprint density at radius 2 is 2.05 bits per heavy atom. The first-order chi connectivity index (χ1) is 9.72. The minimum atomic E-state index is 0.0137. The average molecular weight is 278 g/mol. The molecule has 4 heteroatoms. The Kier molecular flexibility index (Phi) is 7.73. The maximum atomic E-state index is 11.9. The molecule has 0 radical (unpaired) electrons. The molecule has 0 saturated carbocycles. The number of hydrogen-bond acceptors (Lipinski definition) is 3. The van der Waals surface area contributed by atoms with Gasteiger partial charge in [0.2, 0.25) is 5.91 Å². The molecular formula is C16H26N2O2. The molecule has 1 aromatic carbocycles. The zero-order valence-electron chi connectivity index (χ0n) is 12.7. The molecule has 2 N–H and O–H groups in total. The summed E-state index contributed by atoms with van der Waals surface area (Å²) in [5, 5.41) is 6.14. The van der Waals surface area contributed by atoms with Gasteiger partial charge < -0.3 is 15.4 Å². The third kappa shape index (κ3) is 5.21. The molecule has 0 aliphatic heterocycles. The van der Waals surface area contributed by atoms with Gasteiger partial charge in [-0.25, -0.2) is 0 Å². The van der Waals surface area contributed by atoms with Gasteiger partial charge in [-0.1, -0.05) is 25.1 Å². The minimum Gasteiger partial charge on any atom is -0.494 e. The molecule has 1 atom stereocenters. The summed E-state index contributed by atoms with van der Waals surface area (Å²) in [4.78, 5) is 11.9. The van der Waals surface area contributed by atoms with Crippen LogP contribution in [0.3, 0.4) is 0 Å². The largest absolute Gasteiger partial charge is 0.494 e. The van der Waals surface area contributed by atoms with Crippen molar-refractivity contribution in [3.8, 4) is 5.75 Å². The topological polar surface area (TPSA) is 50.4 Å². The second-order valence-corrected chi connectivity index (χ2v) is 4.71. The number of carbonyl (C=O) groups excluding carboxylic acids is 1. The van der Waals surface area contributed by atoms with Gasteiger partial charge >= 0.3 is 0 Å². The predicted molar refractivity (Wildman–Crippen MR) is 81.9 cm³/mol. The molecule has 1 amide bonds. The normalized spacial score (nSPS) is 11.9. The van der Waals surface area contributed by atoms with E-state index in [2.05, 4.69) is 17.6 Å². The van der Waals surface area contributed by atoms with Crippen molar-refractivity contribution in [1.82, 2.24) is 10.6 Å². The van der Waals surface area contributed by atoms with Crippen LogP contribution in [-0.4, -0.2) is 26.1 Å². The second kappa shape index (κ2) is 9.37. The molecule has 20 heavy (non-hydrogen) atoms. The predicted octanol–water partition coefficient (Wildman–Crippen LogP) is 2.65. The summed E-state index contributed by atoms with van der Waals surface area (Å²) in [6.45, 7) is 5.53. The van der Waals surface area contributed by atoms with Crippen molar-refractivity contribution in [3.05, 3.63) is 29.8 Å². The number of para-hydroxylation sites is 1. The van der Waals surface area contributed by atoms with Crippen molar-refractivity contribution in [2.75, 3.05) is 20.2 Å². The molecule has 0 heterocycles. The molecule has 0 spiro atoms. The fraction of sp³-hybridized carbons (Fsp3) is 0.562. The average Bonchev–Trinajstić information content (AvgIpc) is 2.46. The standard InChI is InChI=1S/C16H26N2O2/c1-4-14(18-16(19)11-8-12-17-3)13-9-6-7-10-15(13)20-5-2/h6-7,9-10,14,17H,4-5,8,11-12H2,1-3H3,(H,18,19). The van der Waals surface area contributed by atoms with Crippen molar-refractivity contribution in [1.29, 1.82) is 0 Å². The maximum Gasteiger partial charge on any atom is 0.220 e. The van der Waals surface area contributed by atoms with Gasteiger partial charge in [0.1, 0.15) is 5.75 Å². The summed E-state index contributed by atoms with van der Waals surface area (Å²) in [5.41, 5.74) is 1.05. The van der Waals surface area contributed by atoms with Crippen LogP contribution in [-0.2, 0) is 4.79 Å². The van der Waals surface area contributed by atoms with Crippen LogP contribution in [0, 0.1) is 0 Å². The zero-order chi connectivity index (χ0) is 14.8. The highest BCUT2D eigenvalue weighted by atomic mass is 16.5. The van der Waals surface area contributed by atoms with Gasteiger partial charge in [-0.2, -0.15) is 0 Å². The highest BCUT2D eigenvalue weighted by molar-refractivity contribution is 5.76. The Labute approximate surface area is 121 Å². The first kappa shape index (κ1) is 16.5. The van der Waals surface area contributed by atoms with Crippen molar-refractivity contribution < 1.29 is 9.53 Å². The zero-order valence-corrected chi connectivity index (χ0v) is 12.7. The summed E-state index contributed by atoms with van der Waals surface area (Å²) < 4.78 is 5.64. The van der Waals surface area contributed by atoms with Crippen LogP contribution in [0.25, 0.3) is 0 Å². The fourth-order valence-corrected chi connectivity index (χ4v) is 2.15. The molecular weight excluding hydrogens is 252 g/mol. The van der Waals surface area contributed by atoms with Crippen LogP contribution in [0.4, 0.5) is 0 Å². The van der Waals surface area contributed by atoms with Crippen molar-refractivity contribution in [3.63, 3.8) is 0 Å². The van der Waals surface area contributed by atoms with Gasteiger partial charge in [-0.05, 0) is 39.4 Å². The molecule has 0 bridgehead atoms. The lowest BCUT2D eigenvalue weighted by Crippen LogP contribution is -2.28.